The van der Waals surface area contributed by atoms with Gasteiger partial charge < -0.3 is 15.5 Å². The Labute approximate surface area is 160 Å². The monoisotopic (exact) mass is 370 g/mol. The maximum atomic E-state index is 13.0. The third-order valence-corrected chi connectivity index (χ3v) is 3.95. The predicted molar refractivity (Wildman–Crippen MR) is 107 cm³/mol. The lowest BCUT2D eigenvalue weighted by Gasteiger charge is -2.22. The van der Waals surface area contributed by atoms with E-state index in [1.54, 1.807) is 24.3 Å². The van der Waals surface area contributed by atoms with Gasteiger partial charge in [-0.15, -0.1) is 0 Å². The van der Waals surface area contributed by atoms with Crippen LogP contribution in [0.25, 0.3) is 0 Å². The van der Waals surface area contributed by atoms with E-state index in [2.05, 4.69) is 15.6 Å². The molecule has 0 bridgehead atoms. The number of guanidine groups is 1. The van der Waals surface area contributed by atoms with E-state index in [0.717, 1.165) is 24.5 Å². The van der Waals surface area contributed by atoms with E-state index in [1.165, 1.54) is 12.1 Å². The van der Waals surface area contributed by atoms with Crippen LogP contribution in [0.4, 0.5) is 4.39 Å². The average Bonchev–Trinajstić information content (AvgIpc) is 2.69. The summed E-state index contributed by atoms with van der Waals surface area (Å²) in [6, 6.07) is 15.6. The summed E-state index contributed by atoms with van der Waals surface area (Å²) in [4.78, 5) is 18.6. The molecule has 0 aliphatic heterocycles. The highest BCUT2D eigenvalue weighted by Gasteiger charge is 2.07. The van der Waals surface area contributed by atoms with E-state index in [0.29, 0.717) is 25.2 Å². The molecule has 0 atom stereocenters. The molecule has 144 valence electrons. The van der Waals surface area contributed by atoms with E-state index in [-0.39, 0.29) is 11.7 Å². The molecule has 27 heavy (non-hydrogen) atoms. The Bertz CT molecular complexity index is 732. The summed E-state index contributed by atoms with van der Waals surface area (Å²) in [6.07, 6.45) is 0.748. The molecule has 0 unspecified atom stereocenters. The summed E-state index contributed by atoms with van der Waals surface area (Å²) < 4.78 is 13.0. The zero-order valence-electron chi connectivity index (χ0n) is 15.9. The van der Waals surface area contributed by atoms with Crippen molar-refractivity contribution in [3.63, 3.8) is 0 Å². The highest BCUT2D eigenvalue weighted by Crippen LogP contribution is 2.06. The fourth-order valence-corrected chi connectivity index (χ4v) is 2.57. The summed E-state index contributed by atoms with van der Waals surface area (Å²) in [5, 5.41) is 6.16. The van der Waals surface area contributed by atoms with Crippen molar-refractivity contribution in [3.05, 3.63) is 71.5 Å². The first-order valence-electron chi connectivity index (χ1n) is 9.17. The van der Waals surface area contributed by atoms with Crippen molar-refractivity contribution in [2.45, 2.75) is 19.9 Å². The Kier molecular flexibility index (Phi) is 8.29. The summed E-state index contributed by atoms with van der Waals surface area (Å²) in [5.74, 6) is 0.482. The van der Waals surface area contributed by atoms with Gasteiger partial charge in [0.15, 0.2) is 5.96 Å². The molecule has 0 saturated carbocycles. The van der Waals surface area contributed by atoms with Crippen molar-refractivity contribution in [3.8, 4) is 0 Å². The second kappa shape index (κ2) is 11.0. The topological polar surface area (TPSA) is 56.7 Å². The Morgan fingerprint density at radius 1 is 1.07 bits per heavy atom. The van der Waals surface area contributed by atoms with Crippen molar-refractivity contribution < 1.29 is 9.18 Å². The Morgan fingerprint density at radius 2 is 1.78 bits per heavy atom. The van der Waals surface area contributed by atoms with Gasteiger partial charge in [-0.2, -0.15) is 0 Å². The minimum Gasteiger partial charge on any atom is -0.357 e. The Balaban J connectivity index is 1.80. The lowest BCUT2D eigenvalue weighted by atomic mass is 10.2. The number of nitrogens with one attached hydrogen (secondary N) is 2. The quantitative estimate of drug-likeness (QED) is 0.427. The van der Waals surface area contributed by atoms with E-state index < -0.39 is 0 Å². The normalized spacial score (nSPS) is 11.1. The summed E-state index contributed by atoms with van der Waals surface area (Å²) >= 11 is 0. The molecule has 6 heteroatoms. The fourth-order valence-electron chi connectivity index (χ4n) is 2.57. The van der Waals surface area contributed by atoms with Crippen LogP contribution in [0.15, 0.2) is 59.6 Å². The van der Waals surface area contributed by atoms with Crippen molar-refractivity contribution in [2.75, 3.05) is 26.7 Å². The molecule has 2 rings (SSSR count). The number of hydrogen-bond acceptors (Lipinski definition) is 2. The van der Waals surface area contributed by atoms with Crippen LogP contribution in [-0.2, 0) is 6.54 Å². The van der Waals surface area contributed by atoms with Crippen LogP contribution < -0.4 is 10.6 Å². The van der Waals surface area contributed by atoms with Crippen LogP contribution in [0, 0.1) is 5.82 Å². The van der Waals surface area contributed by atoms with Crippen LogP contribution in [-0.4, -0.2) is 43.4 Å². The highest BCUT2D eigenvalue weighted by atomic mass is 19.1. The van der Waals surface area contributed by atoms with Crippen LogP contribution in [0.3, 0.4) is 0 Å². The van der Waals surface area contributed by atoms with Crippen molar-refractivity contribution in [2.24, 2.45) is 4.99 Å². The zero-order valence-corrected chi connectivity index (χ0v) is 15.9. The van der Waals surface area contributed by atoms with Crippen LogP contribution in [0.5, 0.6) is 0 Å². The Morgan fingerprint density at radius 3 is 2.44 bits per heavy atom. The average molecular weight is 370 g/mol. The second-order valence-electron chi connectivity index (χ2n) is 6.19. The maximum absolute atomic E-state index is 13.0. The molecular weight excluding hydrogens is 343 g/mol. The molecule has 0 aromatic heterocycles. The van der Waals surface area contributed by atoms with Gasteiger partial charge in [0, 0.05) is 38.8 Å². The smallest absolute Gasteiger partial charge is 0.251 e. The molecule has 0 radical (unpaired) electrons. The molecule has 0 aliphatic carbocycles. The van der Waals surface area contributed by atoms with Gasteiger partial charge >= 0.3 is 0 Å². The molecule has 5 nitrogen and oxygen atoms in total. The lowest BCUT2D eigenvalue weighted by Crippen LogP contribution is -2.38. The third-order valence-electron chi connectivity index (χ3n) is 3.95. The van der Waals surface area contributed by atoms with E-state index in [4.69, 9.17) is 0 Å². The minimum atomic E-state index is -0.237. The number of aliphatic imine (C=N–C) groups is 1. The molecule has 1 amide bonds. The molecule has 0 heterocycles. The first kappa shape index (κ1) is 20.4. The van der Waals surface area contributed by atoms with Crippen molar-refractivity contribution in [1.29, 1.82) is 0 Å². The van der Waals surface area contributed by atoms with Gasteiger partial charge in [0.1, 0.15) is 5.82 Å². The predicted octanol–water partition coefficient (Wildman–Crippen LogP) is 3.04. The minimum absolute atomic E-state index is 0.0695. The Hall–Kier alpha value is -2.89. The van der Waals surface area contributed by atoms with Crippen molar-refractivity contribution in [1.82, 2.24) is 15.5 Å². The second-order valence-corrected chi connectivity index (χ2v) is 6.19. The first-order chi connectivity index (χ1) is 13.1. The zero-order chi connectivity index (χ0) is 19.5. The van der Waals surface area contributed by atoms with Gasteiger partial charge in [-0.05, 0) is 43.2 Å². The van der Waals surface area contributed by atoms with E-state index in [9.17, 15) is 9.18 Å². The number of carbonyl (C=O) groups is 1. The van der Waals surface area contributed by atoms with Gasteiger partial charge in [0.2, 0.25) is 0 Å². The lowest BCUT2D eigenvalue weighted by molar-refractivity contribution is 0.0953. The fraction of sp³-hybridized carbons (Fsp3) is 0.333. The first-order valence-corrected chi connectivity index (χ1v) is 9.17. The molecule has 2 N–H and O–H groups in total. The van der Waals surface area contributed by atoms with Gasteiger partial charge in [-0.1, -0.05) is 30.3 Å². The van der Waals surface area contributed by atoms with Gasteiger partial charge in [0.05, 0.1) is 0 Å². The molecular formula is C21H27FN4O. The molecule has 0 aliphatic rings. The van der Waals surface area contributed by atoms with Crippen molar-refractivity contribution >= 4 is 11.9 Å². The summed E-state index contributed by atoms with van der Waals surface area (Å²) in [5.41, 5.74) is 1.67. The molecule has 0 spiro atoms. The standard InChI is InChI=1S/C21H27FN4O/c1-3-23-21(26(2)16-17-10-12-19(22)13-11-17)25-15-7-14-24-20(27)18-8-5-4-6-9-18/h4-6,8-13H,3,7,14-16H2,1-2H3,(H,23,25)(H,24,27). The number of carbonyl (C=O) groups excluding carboxylic acids is 1. The largest absolute Gasteiger partial charge is 0.357 e. The summed E-state index contributed by atoms with van der Waals surface area (Å²) in [7, 11) is 1.95. The third kappa shape index (κ3) is 7.09. The van der Waals surface area contributed by atoms with E-state index >= 15 is 0 Å². The van der Waals surface area contributed by atoms with Gasteiger partial charge in [0.25, 0.3) is 5.91 Å². The molecule has 2 aromatic rings. The SMILES string of the molecule is CCNC(=NCCCNC(=O)c1ccccc1)N(C)Cc1ccc(F)cc1. The number of amides is 1. The number of halogens is 1. The molecule has 0 fully saturated rings. The van der Waals surface area contributed by atoms with Crippen LogP contribution >= 0.6 is 0 Å². The maximum Gasteiger partial charge on any atom is 0.251 e. The molecule has 2 aromatic carbocycles. The highest BCUT2D eigenvalue weighted by molar-refractivity contribution is 5.94. The number of benzene rings is 2. The number of hydrogen-bond donors (Lipinski definition) is 2. The number of rotatable bonds is 8. The van der Waals surface area contributed by atoms with Crippen LogP contribution in [0.2, 0.25) is 0 Å². The van der Waals surface area contributed by atoms with E-state index in [1.807, 2.05) is 37.1 Å². The molecule has 0 saturated heterocycles. The van der Waals surface area contributed by atoms with Crippen LogP contribution in [0.1, 0.15) is 29.3 Å². The van der Waals surface area contributed by atoms with Gasteiger partial charge in [-0.25, -0.2) is 4.39 Å². The number of nitrogens with zero attached hydrogens (tertiary/aromatic N) is 2. The van der Waals surface area contributed by atoms with Gasteiger partial charge in [-0.3, -0.25) is 9.79 Å². The summed E-state index contributed by atoms with van der Waals surface area (Å²) in [6.45, 7) is 4.58.